The molecule has 4 heterocycles. The Hall–Kier alpha value is -7.34. The third-order valence-corrected chi connectivity index (χ3v) is 13.5. The molecular weight excluding hydrogens is 739 g/mol. The number of nitrogens with zero attached hydrogens (tertiary/aromatic N) is 3. The van der Waals surface area contributed by atoms with Crippen molar-refractivity contribution >= 4 is 96.9 Å². The van der Waals surface area contributed by atoms with Gasteiger partial charge in [-0.25, -0.2) is 9.97 Å². The molecule has 4 aromatic heterocycles. The molecule has 13 rings (SSSR count). The van der Waals surface area contributed by atoms with Gasteiger partial charge in [-0.1, -0.05) is 146 Å². The van der Waals surface area contributed by atoms with Gasteiger partial charge < -0.3 is 8.98 Å². The van der Waals surface area contributed by atoms with E-state index in [0.717, 1.165) is 72.0 Å². The van der Waals surface area contributed by atoms with Crippen molar-refractivity contribution in [3.8, 4) is 28.3 Å². The molecule has 1 aliphatic carbocycles. The zero-order valence-corrected chi connectivity index (χ0v) is 32.6. The van der Waals surface area contributed by atoms with Gasteiger partial charge in [0.2, 0.25) is 0 Å². The van der Waals surface area contributed by atoms with Gasteiger partial charge in [-0.15, -0.1) is 11.3 Å². The summed E-state index contributed by atoms with van der Waals surface area (Å²) >= 11 is 1.76. The highest BCUT2D eigenvalue weighted by Gasteiger charge is 2.24. The Labute approximate surface area is 342 Å². The van der Waals surface area contributed by atoms with Crippen molar-refractivity contribution in [2.24, 2.45) is 0 Å². The lowest BCUT2D eigenvalue weighted by Crippen LogP contribution is -2.00. The highest BCUT2D eigenvalue weighted by molar-refractivity contribution is 7.26. The molecule has 1 aliphatic rings. The molecule has 0 saturated carbocycles. The van der Waals surface area contributed by atoms with E-state index in [1.54, 1.807) is 11.3 Å². The highest BCUT2D eigenvalue weighted by Crippen LogP contribution is 2.46. The first-order valence-corrected chi connectivity index (χ1v) is 21.0. The zero-order chi connectivity index (χ0) is 38.6. The first-order chi connectivity index (χ1) is 29.3. The average Bonchev–Trinajstić information content (AvgIpc) is 3.98. The van der Waals surface area contributed by atoms with Crippen molar-refractivity contribution in [1.82, 2.24) is 14.5 Å². The summed E-state index contributed by atoms with van der Waals surface area (Å²) in [5, 5.41) is 10.6. The van der Waals surface area contributed by atoms with Crippen molar-refractivity contribution in [2.75, 3.05) is 0 Å². The van der Waals surface area contributed by atoms with Crippen LogP contribution in [0, 0.1) is 0 Å². The zero-order valence-electron chi connectivity index (χ0n) is 31.8. The predicted octanol–water partition coefficient (Wildman–Crippen LogP) is 15.1. The summed E-state index contributed by atoms with van der Waals surface area (Å²) in [6.07, 6.45) is 9.93. The number of hydrogen-bond acceptors (Lipinski definition) is 4. The first-order valence-electron chi connectivity index (χ1n) is 20.2. The van der Waals surface area contributed by atoms with Gasteiger partial charge in [-0.3, -0.25) is 0 Å². The SMILES string of the molecule is C1=CCC(c2cc3c(c4ccccc24)c2ccccc2n3-c2cccc3c2oc2cccc(-c4nc(-c5ccc6ccccc6c5)c5sc6ccccc6c5n4)c23)C=C1. The molecule has 4 nitrogen and oxygen atoms in total. The molecule has 0 radical (unpaired) electrons. The maximum Gasteiger partial charge on any atom is 0.161 e. The molecule has 0 N–H and O–H groups in total. The number of fused-ring (bicyclic) bond motifs is 12. The van der Waals surface area contributed by atoms with E-state index in [2.05, 4.69) is 187 Å². The van der Waals surface area contributed by atoms with Crippen LogP contribution in [-0.2, 0) is 0 Å². The van der Waals surface area contributed by atoms with Crippen molar-refractivity contribution in [1.29, 1.82) is 0 Å². The second kappa shape index (κ2) is 12.6. The molecule has 12 aromatic rings. The second-order valence-electron chi connectivity index (χ2n) is 15.6. The van der Waals surface area contributed by atoms with Crippen LogP contribution in [0.1, 0.15) is 17.9 Å². The maximum absolute atomic E-state index is 7.01. The molecule has 5 heteroatoms. The van der Waals surface area contributed by atoms with E-state index in [1.165, 1.54) is 48.1 Å². The largest absolute Gasteiger partial charge is 0.454 e. The van der Waals surface area contributed by atoms with E-state index in [9.17, 15) is 0 Å². The Kier molecular flexibility index (Phi) is 6.97. The Balaban J connectivity index is 1.08. The number of hydrogen-bond donors (Lipinski definition) is 0. The van der Waals surface area contributed by atoms with Gasteiger partial charge in [-0.05, 0) is 69.9 Å². The lowest BCUT2D eigenvalue weighted by atomic mass is 9.87. The predicted molar refractivity (Wildman–Crippen MR) is 248 cm³/mol. The van der Waals surface area contributed by atoms with Crippen LogP contribution in [0.15, 0.2) is 186 Å². The summed E-state index contributed by atoms with van der Waals surface area (Å²) in [4.78, 5) is 10.9. The average molecular weight is 772 g/mol. The first kappa shape index (κ1) is 32.7. The molecule has 59 heavy (non-hydrogen) atoms. The van der Waals surface area contributed by atoms with Crippen molar-refractivity contribution in [3.05, 3.63) is 188 Å². The van der Waals surface area contributed by atoms with Crippen LogP contribution < -0.4 is 0 Å². The number of rotatable bonds is 4. The van der Waals surface area contributed by atoms with Crippen LogP contribution in [0.25, 0.3) is 114 Å². The number of allylic oxidation sites excluding steroid dienone is 4. The Morgan fingerprint density at radius 2 is 1.37 bits per heavy atom. The summed E-state index contributed by atoms with van der Waals surface area (Å²) in [7, 11) is 0. The minimum absolute atomic E-state index is 0.294. The monoisotopic (exact) mass is 771 g/mol. The molecule has 0 fully saturated rings. The van der Waals surface area contributed by atoms with E-state index in [0.29, 0.717) is 11.7 Å². The van der Waals surface area contributed by atoms with Gasteiger partial charge in [0.1, 0.15) is 5.58 Å². The molecule has 0 amide bonds. The lowest BCUT2D eigenvalue weighted by molar-refractivity contribution is 0.666. The van der Waals surface area contributed by atoms with Gasteiger partial charge in [0, 0.05) is 48.7 Å². The molecule has 0 bridgehead atoms. The Bertz CT molecular complexity index is 3790. The smallest absolute Gasteiger partial charge is 0.161 e. The quantitative estimate of drug-likeness (QED) is 0.179. The van der Waals surface area contributed by atoms with Crippen LogP contribution >= 0.6 is 11.3 Å². The van der Waals surface area contributed by atoms with Gasteiger partial charge in [0.25, 0.3) is 0 Å². The summed E-state index contributed by atoms with van der Waals surface area (Å²) in [5.41, 5.74) is 10.3. The molecule has 0 aliphatic heterocycles. The van der Waals surface area contributed by atoms with Gasteiger partial charge in [0.15, 0.2) is 11.4 Å². The third kappa shape index (κ3) is 4.83. The normalized spacial score (nSPS) is 14.4. The number of furan rings is 1. The molecule has 0 spiro atoms. The van der Waals surface area contributed by atoms with Gasteiger partial charge in [-0.2, -0.15) is 0 Å². The Morgan fingerprint density at radius 1 is 0.593 bits per heavy atom. The summed E-state index contributed by atoms with van der Waals surface area (Å²) in [6.45, 7) is 0. The van der Waals surface area contributed by atoms with E-state index >= 15 is 0 Å². The number of para-hydroxylation sites is 2. The third-order valence-electron chi connectivity index (χ3n) is 12.3. The Morgan fingerprint density at radius 3 is 2.27 bits per heavy atom. The number of benzene rings is 8. The molecule has 276 valence electrons. The van der Waals surface area contributed by atoms with E-state index < -0.39 is 0 Å². The van der Waals surface area contributed by atoms with Crippen LogP contribution in [0.5, 0.6) is 0 Å². The number of aromatic nitrogens is 3. The van der Waals surface area contributed by atoms with Crippen molar-refractivity contribution in [2.45, 2.75) is 12.3 Å². The van der Waals surface area contributed by atoms with Crippen LogP contribution in [0.2, 0.25) is 0 Å². The van der Waals surface area contributed by atoms with Gasteiger partial charge >= 0.3 is 0 Å². The van der Waals surface area contributed by atoms with Crippen molar-refractivity contribution in [3.63, 3.8) is 0 Å². The molecule has 0 saturated heterocycles. The number of thiophene rings is 1. The van der Waals surface area contributed by atoms with Gasteiger partial charge in [0.05, 0.1) is 32.6 Å². The highest BCUT2D eigenvalue weighted by atomic mass is 32.1. The minimum Gasteiger partial charge on any atom is -0.454 e. The lowest BCUT2D eigenvalue weighted by Gasteiger charge is -2.18. The van der Waals surface area contributed by atoms with E-state index in [4.69, 9.17) is 14.4 Å². The summed E-state index contributed by atoms with van der Waals surface area (Å²) in [6, 6.07) is 56.7. The van der Waals surface area contributed by atoms with E-state index in [1.807, 2.05) is 0 Å². The van der Waals surface area contributed by atoms with E-state index in [-0.39, 0.29) is 0 Å². The second-order valence-corrected chi connectivity index (χ2v) is 16.6. The summed E-state index contributed by atoms with van der Waals surface area (Å²) < 4.78 is 11.7. The van der Waals surface area contributed by atoms with Crippen LogP contribution in [-0.4, -0.2) is 14.5 Å². The molecule has 8 aromatic carbocycles. The van der Waals surface area contributed by atoms with Crippen LogP contribution in [0.3, 0.4) is 0 Å². The standard InChI is InChI=1S/C54H33N3OS/c1-2-15-33(16-3-1)42-31-45-48(37-19-7-6-18-36(37)42)38-20-8-10-24-43(38)57(45)44-25-12-22-40-49-41(23-13-26-46(49)58-52(40)44)54-55-50(35-29-28-32-14-4-5-17-34(32)30-35)53-51(56-54)39-21-9-11-27-47(39)59-53/h1-15,17-31,33H,16H2. The van der Waals surface area contributed by atoms with Crippen molar-refractivity contribution < 1.29 is 4.42 Å². The fraction of sp³-hybridized carbons (Fsp3) is 0.0370. The molecule has 1 atom stereocenters. The maximum atomic E-state index is 7.01. The van der Waals surface area contributed by atoms with Crippen LogP contribution in [0.4, 0.5) is 0 Å². The fourth-order valence-corrected chi connectivity index (χ4v) is 10.8. The molecule has 1 unspecified atom stereocenters. The minimum atomic E-state index is 0.294. The summed E-state index contributed by atoms with van der Waals surface area (Å²) in [5.74, 6) is 0.980. The molecular formula is C54H33N3OS. The fourth-order valence-electron chi connectivity index (χ4n) is 9.67. The topological polar surface area (TPSA) is 43.9 Å².